The van der Waals surface area contributed by atoms with Gasteiger partial charge in [0.25, 0.3) is 0 Å². The Hall–Kier alpha value is -0.380. The van der Waals surface area contributed by atoms with Crippen molar-refractivity contribution in [1.29, 1.82) is 0 Å². The zero-order valence-corrected chi connectivity index (χ0v) is 13.5. The lowest BCUT2D eigenvalue weighted by Gasteiger charge is -2.22. The summed E-state index contributed by atoms with van der Waals surface area (Å²) in [5.41, 5.74) is 8.68. The van der Waals surface area contributed by atoms with Crippen molar-refractivity contribution in [2.24, 2.45) is 5.73 Å². The molecule has 0 saturated carbocycles. The van der Waals surface area contributed by atoms with Crippen LogP contribution in [-0.2, 0) is 6.54 Å². The zero-order chi connectivity index (χ0) is 13.8. The summed E-state index contributed by atoms with van der Waals surface area (Å²) >= 11 is 3.53. The lowest BCUT2D eigenvalue weighted by Crippen LogP contribution is -2.33. The Morgan fingerprint density at radius 2 is 2.00 bits per heavy atom. The molecule has 0 spiro atoms. The van der Waals surface area contributed by atoms with Crippen LogP contribution in [0.15, 0.2) is 22.7 Å². The van der Waals surface area contributed by atoms with Gasteiger partial charge in [-0.25, -0.2) is 0 Å². The second-order valence-electron chi connectivity index (χ2n) is 5.90. The minimum atomic E-state index is -0.0491. The van der Waals surface area contributed by atoms with Crippen LogP contribution in [0, 0.1) is 6.92 Å². The Bertz CT molecular complexity index is 383. The van der Waals surface area contributed by atoms with Crippen LogP contribution >= 0.6 is 15.9 Å². The van der Waals surface area contributed by atoms with E-state index >= 15 is 0 Å². The number of benzene rings is 1. The van der Waals surface area contributed by atoms with Crippen LogP contribution in [0.5, 0.6) is 0 Å². The molecule has 0 bridgehead atoms. The second kappa shape index (κ2) is 6.69. The molecule has 0 aliphatic rings. The van der Waals surface area contributed by atoms with E-state index in [1.54, 1.807) is 0 Å². The van der Waals surface area contributed by atoms with Gasteiger partial charge < -0.3 is 10.6 Å². The minimum Gasteiger partial charge on any atom is -0.326 e. The van der Waals surface area contributed by atoms with E-state index in [0.29, 0.717) is 0 Å². The highest BCUT2D eigenvalue weighted by Gasteiger charge is 2.11. The fourth-order valence-corrected chi connectivity index (χ4v) is 2.39. The molecular formula is C15H25BrN2. The molecule has 18 heavy (non-hydrogen) atoms. The predicted octanol–water partition coefficient (Wildman–Crippen LogP) is 3.71. The number of nitrogens with two attached hydrogens (primary N) is 1. The van der Waals surface area contributed by atoms with Gasteiger partial charge >= 0.3 is 0 Å². The van der Waals surface area contributed by atoms with Gasteiger partial charge in [0.1, 0.15) is 0 Å². The van der Waals surface area contributed by atoms with Crippen molar-refractivity contribution < 1.29 is 0 Å². The van der Waals surface area contributed by atoms with Crippen LogP contribution in [0.2, 0.25) is 0 Å². The SMILES string of the molecule is Cc1ccc(Br)cc1CN(C)CCCC(C)(C)N. The molecule has 0 heterocycles. The van der Waals surface area contributed by atoms with Crippen LogP contribution in [0.1, 0.15) is 37.8 Å². The highest BCUT2D eigenvalue weighted by Crippen LogP contribution is 2.17. The largest absolute Gasteiger partial charge is 0.326 e. The lowest BCUT2D eigenvalue weighted by atomic mass is 10.00. The quantitative estimate of drug-likeness (QED) is 0.867. The highest BCUT2D eigenvalue weighted by molar-refractivity contribution is 9.10. The first-order valence-electron chi connectivity index (χ1n) is 6.50. The van der Waals surface area contributed by atoms with Crippen LogP contribution in [0.25, 0.3) is 0 Å². The van der Waals surface area contributed by atoms with E-state index in [-0.39, 0.29) is 5.54 Å². The fraction of sp³-hybridized carbons (Fsp3) is 0.600. The van der Waals surface area contributed by atoms with E-state index in [0.717, 1.165) is 30.4 Å². The monoisotopic (exact) mass is 312 g/mol. The lowest BCUT2D eigenvalue weighted by molar-refractivity contribution is 0.302. The van der Waals surface area contributed by atoms with Crippen LogP contribution in [0.3, 0.4) is 0 Å². The maximum atomic E-state index is 5.99. The number of hydrogen-bond donors (Lipinski definition) is 1. The topological polar surface area (TPSA) is 29.3 Å². The Labute approximate surface area is 120 Å². The summed E-state index contributed by atoms with van der Waals surface area (Å²) in [6, 6.07) is 6.46. The van der Waals surface area contributed by atoms with E-state index in [1.165, 1.54) is 11.1 Å². The minimum absolute atomic E-state index is 0.0491. The van der Waals surface area contributed by atoms with Gasteiger partial charge in [-0.3, -0.25) is 0 Å². The van der Waals surface area contributed by atoms with Gasteiger partial charge in [-0.1, -0.05) is 22.0 Å². The Balaban J connectivity index is 2.44. The van der Waals surface area contributed by atoms with Gasteiger partial charge in [0.15, 0.2) is 0 Å². The smallest absolute Gasteiger partial charge is 0.0233 e. The number of halogens is 1. The number of nitrogens with zero attached hydrogens (tertiary/aromatic N) is 1. The second-order valence-corrected chi connectivity index (χ2v) is 6.82. The normalized spacial score (nSPS) is 12.2. The van der Waals surface area contributed by atoms with Gasteiger partial charge in [0.05, 0.1) is 0 Å². The first-order chi connectivity index (χ1) is 8.28. The molecule has 1 rings (SSSR count). The number of aryl methyl sites for hydroxylation is 1. The fourth-order valence-electron chi connectivity index (χ4n) is 1.98. The van der Waals surface area contributed by atoms with E-state index in [4.69, 9.17) is 5.73 Å². The summed E-state index contributed by atoms with van der Waals surface area (Å²) in [6.07, 6.45) is 2.21. The van der Waals surface area contributed by atoms with E-state index in [2.05, 4.69) is 66.8 Å². The molecule has 0 aliphatic heterocycles. The first kappa shape index (κ1) is 15.7. The summed E-state index contributed by atoms with van der Waals surface area (Å²) in [6.45, 7) is 8.43. The Kier molecular flexibility index (Phi) is 5.83. The van der Waals surface area contributed by atoms with Crippen molar-refractivity contribution >= 4 is 15.9 Å². The molecule has 0 unspecified atom stereocenters. The number of hydrogen-bond acceptors (Lipinski definition) is 2. The third-order valence-electron chi connectivity index (χ3n) is 3.11. The summed E-state index contributed by atoms with van der Waals surface area (Å²) < 4.78 is 1.15. The van der Waals surface area contributed by atoms with Crippen LogP contribution < -0.4 is 5.73 Å². The molecule has 1 aromatic carbocycles. The summed E-state index contributed by atoms with van der Waals surface area (Å²) in [5, 5.41) is 0. The average Bonchev–Trinajstić information content (AvgIpc) is 2.21. The zero-order valence-electron chi connectivity index (χ0n) is 12.0. The molecule has 3 heteroatoms. The average molecular weight is 313 g/mol. The van der Waals surface area contributed by atoms with Crippen molar-refractivity contribution in [1.82, 2.24) is 4.90 Å². The van der Waals surface area contributed by atoms with Gasteiger partial charge in [-0.05, 0) is 70.5 Å². The standard InChI is InChI=1S/C15H25BrN2/c1-12-6-7-14(16)10-13(12)11-18(4)9-5-8-15(2,3)17/h6-7,10H,5,8-9,11,17H2,1-4H3. The van der Waals surface area contributed by atoms with Gasteiger partial charge in [0, 0.05) is 16.6 Å². The van der Waals surface area contributed by atoms with Crippen molar-refractivity contribution in [3.63, 3.8) is 0 Å². The maximum Gasteiger partial charge on any atom is 0.0233 e. The van der Waals surface area contributed by atoms with Crippen molar-refractivity contribution in [2.45, 2.75) is 45.7 Å². The molecule has 0 fully saturated rings. The van der Waals surface area contributed by atoms with E-state index in [9.17, 15) is 0 Å². The molecule has 1 aromatic rings. The van der Waals surface area contributed by atoms with Crippen molar-refractivity contribution in [2.75, 3.05) is 13.6 Å². The number of rotatable bonds is 6. The Morgan fingerprint density at radius 1 is 1.33 bits per heavy atom. The molecule has 0 saturated heterocycles. The van der Waals surface area contributed by atoms with Crippen molar-refractivity contribution in [3.05, 3.63) is 33.8 Å². The predicted molar refractivity (Wildman–Crippen MR) is 82.7 cm³/mol. The first-order valence-corrected chi connectivity index (χ1v) is 7.30. The molecule has 0 amide bonds. The van der Waals surface area contributed by atoms with Crippen molar-refractivity contribution in [3.8, 4) is 0 Å². The van der Waals surface area contributed by atoms with Crippen LogP contribution in [-0.4, -0.2) is 24.0 Å². The molecule has 2 N–H and O–H groups in total. The third kappa shape index (κ3) is 5.98. The van der Waals surface area contributed by atoms with E-state index < -0.39 is 0 Å². The molecule has 0 aromatic heterocycles. The summed E-state index contributed by atoms with van der Waals surface area (Å²) in [7, 11) is 2.17. The van der Waals surface area contributed by atoms with Crippen LogP contribution in [0.4, 0.5) is 0 Å². The molecule has 0 radical (unpaired) electrons. The highest BCUT2D eigenvalue weighted by atomic mass is 79.9. The summed E-state index contributed by atoms with van der Waals surface area (Å²) in [4.78, 5) is 2.36. The van der Waals surface area contributed by atoms with Gasteiger partial charge in [-0.2, -0.15) is 0 Å². The summed E-state index contributed by atoms with van der Waals surface area (Å²) in [5.74, 6) is 0. The molecular weight excluding hydrogens is 288 g/mol. The molecule has 102 valence electrons. The molecule has 2 nitrogen and oxygen atoms in total. The molecule has 0 atom stereocenters. The molecule has 0 aliphatic carbocycles. The third-order valence-corrected chi connectivity index (χ3v) is 3.61. The maximum absolute atomic E-state index is 5.99. The van der Waals surface area contributed by atoms with Gasteiger partial charge in [-0.15, -0.1) is 0 Å². The van der Waals surface area contributed by atoms with Gasteiger partial charge in [0.2, 0.25) is 0 Å². The Morgan fingerprint density at radius 3 is 2.61 bits per heavy atom. The van der Waals surface area contributed by atoms with E-state index in [1.807, 2.05) is 0 Å².